The van der Waals surface area contributed by atoms with Crippen molar-refractivity contribution in [1.82, 2.24) is 4.90 Å². The van der Waals surface area contributed by atoms with Crippen LogP contribution in [0.15, 0.2) is 36.4 Å². The number of nitrogens with zero attached hydrogens (tertiary/aromatic N) is 1. The smallest absolute Gasteiger partial charge is 0.253 e. The van der Waals surface area contributed by atoms with Gasteiger partial charge < -0.3 is 10.2 Å². The third-order valence-electron chi connectivity index (χ3n) is 2.12. The number of carbonyl (C=O) groups excluding carboxylic acids is 2. The molecule has 0 aliphatic heterocycles. The molecule has 1 N–H and O–H groups in total. The van der Waals surface area contributed by atoms with Gasteiger partial charge in [0.15, 0.2) is 0 Å². The van der Waals surface area contributed by atoms with Crippen molar-refractivity contribution in [3.63, 3.8) is 0 Å². The van der Waals surface area contributed by atoms with Crippen molar-refractivity contribution in [3.8, 4) is 0 Å². The number of anilines is 1. The minimum absolute atomic E-state index is 0.0590. The molecule has 90 valence electrons. The fourth-order valence-corrected chi connectivity index (χ4v) is 1.29. The highest BCUT2D eigenvalue weighted by atomic mass is 16.2. The van der Waals surface area contributed by atoms with Gasteiger partial charge in [-0.1, -0.05) is 6.08 Å². The lowest BCUT2D eigenvalue weighted by Gasteiger charge is -2.10. The van der Waals surface area contributed by atoms with Crippen molar-refractivity contribution in [1.29, 1.82) is 0 Å². The van der Waals surface area contributed by atoms with E-state index < -0.39 is 0 Å². The van der Waals surface area contributed by atoms with Gasteiger partial charge in [-0.25, -0.2) is 0 Å². The zero-order valence-electron chi connectivity index (χ0n) is 10.2. The van der Waals surface area contributed by atoms with Crippen molar-refractivity contribution in [3.05, 3.63) is 42.0 Å². The second-order valence-corrected chi connectivity index (χ2v) is 3.77. The molecule has 0 spiro atoms. The third-order valence-corrected chi connectivity index (χ3v) is 2.12. The van der Waals surface area contributed by atoms with Crippen LogP contribution in [0.25, 0.3) is 0 Å². The summed E-state index contributed by atoms with van der Waals surface area (Å²) in [5, 5.41) is 2.69. The Morgan fingerprint density at radius 1 is 1.18 bits per heavy atom. The first-order valence-electron chi connectivity index (χ1n) is 5.30. The summed E-state index contributed by atoms with van der Waals surface area (Å²) in [5.74, 6) is -0.240. The number of amides is 2. The van der Waals surface area contributed by atoms with Gasteiger partial charge in [-0.05, 0) is 37.3 Å². The Balaban J connectivity index is 2.75. The van der Waals surface area contributed by atoms with E-state index in [2.05, 4.69) is 5.32 Å². The van der Waals surface area contributed by atoms with Crippen LogP contribution in [-0.2, 0) is 4.79 Å². The summed E-state index contributed by atoms with van der Waals surface area (Å²) in [6.07, 6.45) is 3.11. The first kappa shape index (κ1) is 13.0. The Hall–Kier alpha value is -2.10. The fourth-order valence-electron chi connectivity index (χ4n) is 1.29. The number of benzene rings is 1. The molecule has 4 heteroatoms. The van der Waals surface area contributed by atoms with Crippen LogP contribution < -0.4 is 5.32 Å². The van der Waals surface area contributed by atoms with E-state index in [9.17, 15) is 9.59 Å². The van der Waals surface area contributed by atoms with Gasteiger partial charge in [0, 0.05) is 25.3 Å². The SMILES string of the molecule is C/C=C\C(=O)Nc1ccc(C(=O)N(C)C)cc1. The van der Waals surface area contributed by atoms with E-state index in [0.29, 0.717) is 11.3 Å². The lowest BCUT2D eigenvalue weighted by molar-refractivity contribution is -0.111. The van der Waals surface area contributed by atoms with E-state index in [1.54, 1.807) is 51.4 Å². The highest BCUT2D eigenvalue weighted by Gasteiger charge is 2.07. The molecule has 0 atom stereocenters. The van der Waals surface area contributed by atoms with E-state index in [-0.39, 0.29) is 11.8 Å². The minimum atomic E-state index is -0.181. The molecule has 0 radical (unpaired) electrons. The van der Waals surface area contributed by atoms with Gasteiger partial charge >= 0.3 is 0 Å². The van der Waals surface area contributed by atoms with E-state index in [4.69, 9.17) is 0 Å². The lowest BCUT2D eigenvalue weighted by atomic mass is 10.2. The quantitative estimate of drug-likeness (QED) is 0.809. The van der Waals surface area contributed by atoms with Crippen LogP contribution in [0.2, 0.25) is 0 Å². The predicted molar refractivity (Wildman–Crippen MR) is 67.9 cm³/mol. The molecule has 4 nitrogen and oxygen atoms in total. The van der Waals surface area contributed by atoms with Crippen LogP contribution in [0.4, 0.5) is 5.69 Å². The average Bonchev–Trinajstić information content (AvgIpc) is 2.29. The fraction of sp³-hybridized carbons (Fsp3) is 0.231. The first-order chi connectivity index (χ1) is 8.04. The number of hydrogen-bond acceptors (Lipinski definition) is 2. The van der Waals surface area contributed by atoms with Crippen molar-refractivity contribution >= 4 is 17.5 Å². The molecule has 1 aromatic carbocycles. The van der Waals surface area contributed by atoms with Gasteiger partial charge in [0.1, 0.15) is 0 Å². The maximum Gasteiger partial charge on any atom is 0.253 e. The minimum Gasteiger partial charge on any atom is -0.345 e. The van der Waals surface area contributed by atoms with Crippen molar-refractivity contribution < 1.29 is 9.59 Å². The van der Waals surface area contributed by atoms with Gasteiger partial charge in [-0.2, -0.15) is 0 Å². The summed E-state index contributed by atoms with van der Waals surface area (Å²) in [4.78, 5) is 24.4. The molecule has 1 aromatic rings. The summed E-state index contributed by atoms with van der Waals surface area (Å²) in [6.45, 7) is 1.78. The molecular weight excluding hydrogens is 216 g/mol. The maximum absolute atomic E-state index is 11.6. The van der Waals surface area contributed by atoms with Crippen molar-refractivity contribution in [2.45, 2.75) is 6.92 Å². The molecule has 0 aliphatic carbocycles. The number of nitrogens with one attached hydrogen (secondary N) is 1. The summed E-state index contributed by atoms with van der Waals surface area (Å²) in [7, 11) is 3.40. The molecular formula is C13H16N2O2. The highest BCUT2D eigenvalue weighted by molar-refractivity contribution is 6.00. The van der Waals surface area contributed by atoms with Gasteiger partial charge in [0.05, 0.1) is 0 Å². The largest absolute Gasteiger partial charge is 0.345 e. The summed E-state index contributed by atoms with van der Waals surface area (Å²) in [5.41, 5.74) is 1.27. The van der Waals surface area contributed by atoms with Gasteiger partial charge in [-0.15, -0.1) is 0 Å². The molecule has 0 aliphatic rings. The molecule has 0 saturated heterocycles. The Labute approximate surface area is 101 Å². The maximum atomic E-state index is 11.6. The van der Waals surface area contributed by atoms with Crippen LogP contribution >= 0.6 is 0 Å². The van der Waals surface area contributed by atoms with Crippen LogP contribution in [0, 0.1) is 0 Å². The number of rotatable bonds is 3. The molecule has 0 unspecified atom stereocenters. The van der Waals surface area contributed by atoms with E-state index >= 15 is 0 Å². The molecule has 0 aromatic heterocycles. The zero-order valence-corrected chi connectivity index (χ0v) is 10.2. The summed E-state index contributed by atoms with van der Waals surface area (Å²) >= 11 is 0. The van der Waals surface area contributed by atoms with Gasteiger partial charge in [0.25, 0.3) is 5.91 Å². The van der Waals surface area contributed by atoms with Crippen LogP contribution in [0.1, 0.15) is 17.3 Å². The molecule has 1 rings (SSSR count). The summed E-state index contributed by atoms with van der Waals surface area (Å²) in [6, 6.07) is 6.79. The summed E-state index contributed by atoms with van der Waals surface area (Å²) < 4.78 is 0. The van der Waals surface area contributed by atoms with Crippen LogP contribution in [0.5, 0.6) is 0 Å². The number of hydrogen-bond donors (Lipinski definition) is 1. The van der Waals surface area contributed by atoms with E-state index in [0.717, 1.165) is 0 Å². The van der Waals surface area contributed by atoms with Crippen LogP contribution in [-0.4, -0.2) is 30.8 Å². The lowest BCUT2D eigenvalue weighted by Crippen LogP contribution is -2.21. The third kappa shape index (κ3) is 3.75. The van der Waals surface area contributed by atoms with Crippen molar-refractivity contribution in [2.24, 2.45) is 0 Å². The average molecular weight is 232 g/mol. The normalized spacial score (nSPS) is 10.3. The van der Waals surface area contributed by atoms with Crippen LogP contribution in [0.3, 0.4) is 0 Å². The highest BCUT2D eigenvalue weighted by Crippen LogP contribution is 2.10. The van der Waals surface area contributed by atoms with E-state index in [1.165, 1.54) is 11.0 Å². The second kappa shape index (κ2) is 5.84. The Morgan fingerprint density at radius 2 is 1.76 bits per heavy atom. The van der Waals surface area contributed by atoms with E-state index in [1.807, 2.05) is 0 Å². The van der Waals surface area contributed by atoms with Gasteiger partial charge in [0.2, 0.25) is 5.91 Å². The predicted octanol–water partition coefficient (Wildman–Crippen LogP) is 1.90. The monoisotopic (exact) mass is 232 g/mol. The standard InChI is InChI=1S/C13H16N2O2/c1-4-5-12(16)14-11-8-6-10(7-9-11)13(17)15(2)3/h4-9H,1-3H3,(H,14,16)/b5-4-. The Morgan fingerprint density at radius 3 is 2.24 bits per heavy atom. The second-order valence-electron chi connectivity index (χ2n) is 3.77. The Kier molecular flexibility index (Phi) is 4.46. The van der Waals surface area contributed by atoms with Gasteiger partial charge in [-0.3, -0.25) is 9.59 Å². The number of allylic oxidation sites excluding steroid dienone is 1. The molecule has 0 saturated carbocycles. The Bertz CT molecular complexity index is 433. The molecule has 2 amide bonds. The van der Waals surface area contributed by atoms with Crippen molar-refractivity contribution in [2.75, 3.05) is 19.4 Å². The molecule has 0 heterocycles. The molecule has 0 bridgehead atoms. The molecule has 17 heavy (non-hydrogen) atoms. The number of carbonyl (C=O) groups is 2. The topological polar surface area (TPSA) is 49.4 Å². The molecule has 0 fully saturated rings. The first-order valence-corrected chi connectivity index (χ1v) is 5.30. The zero-order chi connectivity index (χ0) is 12.8.